The lowest BCUT2D eigenvalue weighted by molar-refractivity contribution is -0.161. The zero-order valence-corrected chi connectivity index (χ0v) is 16.5. The molecule has 0 aromatic heterocycles. The maximum Gasteiger partial charge on any atom is 0.323 e. The topological polar surface area (TPSA) is 59.1 Å². The number of rotatable bonds is 4. The molecule has 3 rings (SSSR count). The van der Waals surface area contributed by atoms with E-state index in [2.05, 4.69) is 4.90 Å². The van der Waals surface area contributed by atoms with Gasteiger partial charge in [-0.15, -0.1) is 0 Å². The second-order valence-corrected chi connectivity index (χ2v) is 8.88. The van der Waals surface area contributed by atoms with Crippen molar-refractivity contribution in [1.29, 1.82) is 0 Å². The SMILES string of the molecule is CC(C)(C)OC(=O)[C@@H]1C[C@@H]2CCCC[C@@H]2N1CCC(=O)N1CCOCC1. The van der Waals surface area contributed by atoms with E-state index < -0.39 is 5.60 Å². The summed E-state index contributed by atoms with van der Waals surface area (Å²) >= 11 is 0. The molecule has 2 saturated heterocycles. The van der Waals surface area contributed by atoms with Gasteiger partial charge in [0.1, 0.15) is 11.6 Å². The van der Waals surface area contributed by atoms with Gasteiger partial charge in [0.15, 0.2) is 0 Å². The third-order valence-corrected chi connectivity index (χ3v) is 5.85. The Balaban J connectivity index is 1.63. The summed E-state index contributed by atoms with van der Waals surface area (Å²) in [5.41, 5.74) is -0.472. The molecule has 0 aromatic rings. The van der Waals surface area contributed by atoms with Crippen molar-refractivity contribution in [2.24, 2.45) is 5.92 Å². The summed E-state index contributed by atoms with van der Waals surface area (Å²) in [7, 11) is 0. The van der Waals surface area contributed by atoms with E-state index in [-0.39, 0.29) is 17.9 Å². The molecule has 2 aliphatic heterocycles. The molecule has 148 valence electrons. The summed E-state index contributed by atoms with van der Waals surface area (Å²) in [4.78, 5) is 29.5. The highest BCUT2D eigenvalue weighted by Crippen LogP contribution is 2.40. The number of likely N-dealkylation sites (tertiary alicyclic amines) is 1. The molecule has 1 saturated carbocycles. The third-order valence-electron chi connectivity index (χ3n) is 5.85. The average molecular weight is 367 g/mol. The predicted octanol–water partition coefficient (Wildman–Crippen LogP) is 2.21. The fourth-order valence-electron chi connectivity index (χ4n) is 4.67. The average Bonchev–Trinajstić information content (AvgIpc) is 2.98. The van der Waals surface area contributed by atoms with Gasteiger partial charge in [-0.2, -0.15) is 0 Å². The zero-order valence-electron chi connectivity index (χ0n) is 16.5. The molecule has 6 heteroatoms. The predicted molar refractivity (Wildman–Crippen MR) is 98.7 cm³/mol. The molecule has 3 atom stereocenters. The Morgan fingerprint density at radius 1 is 1.12 bits per heavy atom. The molecule has 26 heavy (non-hydrogen) atoms. The van der Waals surface area contributed by atoms with Crippen molar-refractivity contribution in [1.82, 2.24) is 9.80 Å². The standard InChI is InChI=1S/C20H34N2O4/c1-20(2,3)26-19(24)17-14-15-6-4-5-7-16(15)22(17)9-8-18(23)21-10-12-25-13-11-21/h15-17H,4-14H2,1-3H3/t15-,16-,17-/m0/s1. The monoisotopic (exact) mass is 366 g/mol. The summed E-state index contributed by atoms with van der Waals surface area (Å²) in [6, 6.07) is 0.235. The van der Waals surface area contributed by atoms with Crippen LogP contribution in [0.25, 0.3) is 0 Å². The summed E-state index contributed by atoms with van der Waals surface area (Å²) in [6.45, 7) is 9.01. The summed E-state index contributed by atoms with van der Waals surface area (Å²) in [5, 5.41) is 0. The molecule has 0 unspecified atom stereocenters. The number of nitrogens with zero attached hydrogens (tertiary/aromatic N) is 2. The number of carbonyl (C=O) groups excluding carboxylic acids is 2. The highest BCUT2D eigenvalue weighted by atomic mass is 16.6. The molecule has 6 nitrogen and oxygen atoms in total. The first kappa shape index (κ1) is 19.6. The summed E-state index contributed by atoms with van der Waals surface area (Å²) < 4.78 is 11.0. The number of amides is 1. The molecule has 3 fully saturated rings. The van der Waals surface area contributed by atoms with Gasteiger partial charge < -0.3 is 14.4 Å². The van der Waals surface area contributed by atoms with Gasteiger partial charge in [-0.25, -0.2) is 0 Å². The van der Waals surface area contributed by atoms with Crippen LogP contribution in [0.1, 0.15) is 59.3 Å². The number of fused-ring (bicyclic) bond motifs is 1. The maximum atomic E-state index is 12.8. The van der Waals surface area contributed by atoms with E-state index in [0.717, 1.165) is 12.8 Å². The van der Waals surface area contributed by atoms with Crippen LogP contribution < -0.4 is 0 Å². The van der Waals surface area contributed by atoms with Crippen LogP contribution in [0.5, 0.6) is 0 Å². The molecular weight excluding hydrogens is 332 g/mol. The minimum atomic E-state index is -0.472. The Morgan fingerprint density at radius 3 is 2.50 bits per heavy atom. The van der Waals surface area contributed by atoms with Crippen LogP contribution in [0, 0.1) is 5.92 Å². The normalized spacial score (nSPS) is 30.1. The second-order valence-electron chi connectivity index (χ2n) is 8.88. The molecule has 0 N–H and O–H groups in total. The van der Waals surface area contributed by atoms with Crippen molar-refractivity contribution in [3.8, 4) is 0 Å². The molecule has 1 aliphatic carbocycles. The number of esters is 1. The van der Waals surface area contributed by atoms with E-state index in [1.165, 1.54) is 19.3 Å². The van der Waals surface area contributed by atoms with Gasteiger partial charge in [0.05, 0.1) is 13.2 Å². The fraction of sp³-hybridized carbons (Fsp3) is 0.900. The van der Waals surface area contributed by atoms with Gasteiger partial charge in [0, 0.05) is 32.1 Å². The molecule has 2 heterocycles. The highest BCUT2D eigenvalue weighted by Gasteiger charge is 2.46. The van der Waals surface area contributed by atoms with Crippen molar-refractivity contribution >= 4 is 11.9 Å². The Bertz CT molecular complexity index is 510. The van der Waals surface area contributed by atoms with Crippen LogP contribution >= 0.6 is 0 Å². The van der Waals surface area contributed by atoms with Gasteiger partial charge in [0.25, 0.3) is 0 Å². The van der Waals surface area contributed by atoms with E-state index in [0.29, 0.717) is 51.2 Å². The first-order valence-electron chi connectivity index (χ1n) is 10.2. The fourth-order valence-corrected chi connectivity index (χ4v) is 4.67. The van der Waals surface area contributed by atoms with E-state index >= 15 is 0 Å². The van der Waals surface area contributed by atoms with Crippen LogP contribution in [0.3, 0.4) is 0 Å². The molecule has 3 aliphatic rings. The third kappa shape index (κ3) is 4.77. The van der Waals surface area contributed by atoms with E-state index in [9.17, 15) is 9.59 Å². The van der Waals surface area contributed by atoms with Crippen molar-refractivity contribution in [3.63, 3.8) is 0 Å². The van der Waals surface area contributed by atoms with Crippen LogP contribution in [-0.4, -0.2) is 72.2 Å². The van der Waals surface area contributed by atoms with Gasteiger partial charge in [-0.1, -0.05) is 12.8 Å². The van der Waals surface area contributed by atoms with Crippen LogP contribution in [0.15, 0.2) is 0 Å². The summed E-state index contributed by atoms with van der Waals surface area (Å²) in [6.07, 6.45) is 6.15. The van der Waals surface area contributed by atoms with Gasteiger partial charge in [0.2, 0.25) is 5.91 Å². The Kier molecular flexibility index (Phi) is 6.23. The largest absolute Gasteiger partial charge is 0.459 e. The zero-order chi connectivity index (χ0) is 18.7. The Hall–Kier alpha value is -1.14. The van der Waals surface area contributed by atoms with Crippen LogP contribution in [0.2, 0.25) is 0 Å². The quantitative estimate of drug-likeness (QED) is 0.714. The summed E-state index contributed by atoms with van der Waals surface area (Å²) in [5.74, 6) is 0.626. The van der Waals surface area contributed by atoms with Gasteiger partial charge >= 0.3 is 5.97 Å². The first-order valence-corrected chi connectivity index (χ1v) is 10.2. The lowest BCUT2D eigenvalue weighted by atomic mass is 9.84. The van der Waals surface area contributed by atoms with Crippen molar-refractivity contribution < 1.29 is 19.1 Å². The van der Waals surface area contributed by atoms with E-state index in [1.807, 2.05) is 25.7 Å². The van der Waals surface area contributed by atoms with Gasteiger partial charge in [-0.3, -0.25) is 14.5 Å². The maximum absolute atomic E-state index is 12.8. The van der Waals surface area contributed by atoms with Crippen molar-refractivity contribution in [3.05, 3.63) is 0 Å². The molecule has 0 radical (unpaired) electrons. The smallest absolute Gasteiger partial charge is 0.323 e. The van der Waals surface area contributed by atoms with Crippen molar-refractivity contribution in [2.45, 2.75) is 77.0 Å². The Morgan fingerprint density at radius 2 is 1.81 bits per heavy atom. The lowest BCUT2D eigenvalue weighted by Crippen LogP contribution is -2.47. The number of morpholine rings is 1. The minimum absolute atomic E-state index is 0.120. The Labute approximate surface area is 157 Å². The van der Waals surface area contributed by atoms with Crippen LogP contribution in [-0.2, 0) is 19.1 Å². The number of hydrogen-bond acceptors (Lipinski definition) is 5. The molecule has 0 aromatic carbocycles. The highest BCUT2D eigenvalue weighted by molar-refractivity contribution is 5.78. The van der Waals surface area contributed by atoms with E-state index in [1.54, 1.807) is 0 Å². The van der Waals surface area contributed by atoms with E-state index in [4.69, 9.17) is 9.47 Å². The number of ether oxygens (including phenoxy) is 2. The van der Waals surface area contributed by atoms with Crippen LogP contribution in [0.4, 0.5) is 0 Å². The second kappa shape index (κ2) is 8.26. The number of hydrogen-bond donors (Lipinski definition) is 0. The first-order chi connectivity index (χ1) is 12.3. The molecule has 0 bridgehead atoms. The lowest BCUT2D eigenvalue weighted by Gasteiger charge is -2.34. The minimum Gasteiger partial charge on any atom is -0.459 e. The van der Waals surface area contributed by atoms with Crippen molar-refractivity contribution in [2.75, 3.05) is 32.8 Å². The number of carbonyl (C=O) groups is 2. The molecule has 1 amide bonds. The molecule has 0 spiro atoms. The molecular formula is C20H34N2O4. The van der Waals surface area contributed by atoms with Gasteiger partial charge in [-0.05, 0) is 46.0 Å².